The van der Waals surface area contributed by atoms with Crippen molar-refractivity contribution in [1.82, 2.24) is 25.2 Å². The third-order valence-electron chi connectivity index (χ3n) is 8.65. The lowest BCUT2D eigenvalue weighted by molar-refractivity contribution is -0.156. The summed E-state index contributed by atoms with van der Waals surface area (Å²) in [7, 11) is 1.30. The number of methoxy groups -OCH3 is 1. The van der Waals surface area contributed by atoms with E-state index in [0.717, 1.165) is 37.7 Å². The average Bonchev–Trinajstić information content (AvgIpc) is 3.56. The van der Waals surface area contributed by atoms with Crippen molar-refractivity contribution < 1.29 is 23.9 Å². The minimum absolute atomic E-state index is 0.0862. The van der Waals surface area contributed by atoms with E-state index in [1.165, 1.54) is 7.11 Å². The quantitative estimate of drug-likeness (QED) is 0.291. The second-order valence-electron chi connectivity index (χ2n) is 11.5. The Bertz CT molecular complexity index is 1380. The zero-order valence-corrected chi connectivity index (χ0v) is 24.0. The highest BCUT2D eigenvalue weighted by Gasteiger charge is 2.53. The molecule has 0 bridgehead atoms. The number of nitrogens with zero attached hydrogens (tertiary/aromatic N) is 3. The summed E-state index contributed by atoms with van der Waals surface area (Å²) >= 11 is 0. The van der Waals surface area contributed by atoms with E-state index >= 15 is 0 Å². The Morgan fingerprint density at radius 1 is 1.15 bits per heavy atom. The van der Waals surface area contributed by atoms with Crippen molar-refractivity contribution in [3.05, 3.63) is 65.6 Å². The number of ether oxygens (including phenoxy) is 2. The van der Waals surface area contributed by atoms with E-state index in [2.05, 4.69) is 17.6 Å². The van der Waals surface area contributed by atoms with Gasteiger partial charge in [0.25, 0.3) is 0 Å². The van der Waals surface area contributed by atoms with Gasteiger partial charge in [-0.2, -0.15) is 5.10 Å². The number of rotatable bonds is 9. The molecule has 2 N–H and O–H groups in total. The maximum absolute atomic E-state index is 13.0. The van der Waals surface area contributed by atoms with Crippen LogP contribution in [0.1, 0.15) is 75.4 Å². The SMILES string of the molecule is CC[C@@H]1CC(Cc2ccc3nc([C@@H](NC(=O)OCc4ccccc4)C4CCC(C)CC4)cn3n2)(C(=O)OC)C(=O)N1. The van der Waals surface area contributed by atoms with E-state index in [1.54, 1.807) is 10.6 Å². The molecule has 10 heteroatoms. The van der Waals surface area contributed by atoms with E-state index in [-0.39, 0.29) is 36.9 Å². The van der Waals surface area contributed by atoms with Crippen LogP contribution in [0, 0.1) is 17.3 Å². The van der Waals surface area contributed by atoms with Crippen molar-refractivity contribution in [3.8, 4) is 0 Å². The molecule has 1 saturated heterocycles. The molecule has 1 aliphatic heterocycles. The molecule has 0 spiro atoms. The Morgan fingerprint density at radius 3 is 2.59 bits per heavy atom. The number of carbonyl (C=O) groups is 3. The number of alkyl carbamates (subject to hydrolysis) is 1. The number of nitrogens with one attached hydrogen (secondary N) is 2. The normalized spacial score (nSPS) is 25.0. The molecule has 1 aliphatic carbocycles. The van der Waals surface area contributed by atoms with E-state index in [9.17, 15) is 14.4 Å². The number of fused-ring (bicyclic) bond motifs is 1. The van der Waals surface area contributed by atoms with Gasteiger partial charge in [-0.3, -0.25) is 9.59 Å². The molecule has 218 valence electrons. The lowest BCUT2D eigenvalue weighted by Crippen LogP contribution is -2.41. The van der Waals surface area contributed by atoms with Crippen molar-refractivity contribution in [2.75, 3.05) is 7.11 Å². The van der Waals surface area contributed by atoms with Gasteiger partial charge in [0.15, 0.2) is 11.1 Å². The van der Waals surface area contributed by atoms with E-state index in [0.29, 0.717) is 29.4 Å². The molecule has 0 radical (unpaired) electrons. The molecule has 41 heavy (non-hydrogen) atoms. The number of hydrogen-bond donors (Lipinski definition) is 2. The largest absolute Gasteiger partial charge is 0.468 e. The average molecular weight is 562 g/mol. The summed E-state index contributed by atoms with van der Waals surface area (Å²) in [6.07, 6.45) is 6.69. The standard InChI is InChI=1S/C31H39N5O5/c1-4-23-16-31(28(37)32-23,29(38)40-3)17-24-14-15-26-33-25(18-36(26)35-24)27(22-12-10-20(2)11-13-22)34-30(39)41-19-21-8-6-5-7-9-21/h5-9,14-15,18,20,22-23,27H,4,10-13,16-17,19H2,1-3H3,(H,32,37)(H,34,39)/t20?,22?,23-,27+,31?/m1/s1. The van der Waals surface area contributed by atoms with Gasteiger partial charge in [-0.05, 0) is 55.2 Å². The van der Waals surface area contributed by atoms with Crippen molar-refractivity contribution in [2.24, 2.45) is 17.3 Å². The first-order chi connectivity index (χ1) is 19.8. The number of amides is 2. The number of benzene rings is 1. The van der Waals surface area contributed by atoms with Gasteiger partial charge in [-0.15, -0.1) is 0 Å². The van der Waals surface area contributed by atoms with Crippen LogP contribution < -0.4 is 10.6 Å². The number of imidazole rings is 1. The van der Waals surface area contributed by atoms with E-state index in [1.807, 2.05) is 49.5 Å². The van der Waals surface area contributed by atoms with Crippen molar-refractivity contribution in [3.63, 3.8) is 0 Å². The molecule has 2 aliphatic rings. The van der Waals surface area contributed by atoms with Crippen LogP contribution in [-0.4, -0.2) is 45.7 Å². The lowest BCUT2D eigenvalue weighted by Gasteiger charge is -2.32. The number of aromatic nitrogens is 3. The summed E-state index contributed by atoms with van der Waals surface area (Å²) in [4.78, 5) is 43.5. The number of carbonyl (C=O) groups excluding carboxylic acids is 3. The van der Waals surface area contributed by atoms with Crippen LogP contribution in [0.4, 0.5) is 4.79 Å². The van der Waals surface area contributed by atoms with Crippen LogP contribution in [-0.2, 0) is 32.1 Å². The van der Waals surface area contributed by atoms with Crippen LogP contribution in [0.5, 0.6) is 0 Å². The minimum Gasteiger partial charge on any atom is -0.468 e. The second kappa shape index (κ2) is 12.3. The predicted molar refractivity (Wildman–Crippen MR) is 152 cm³/mol. The van der Waals surface area contributed by atoms with Crippen LogP contribution in [0.15, 0.2) is 48.7 Å². The molecular formula is C31H39N5O5. The van der Waals surface area contributed by atoms with Gasteiger partial charge >= 0.3 is 12.1 Å². The molecule has 1 unspecified atom stereocenters. The molecule has 3 heterocycles. The predicted octanol–water partition coefficient (Wildman–Crippen LogP) is 4.52. The maximum Gasteiger partial charge on any atom is 0.408 e. The first-order valence-corrected chi connectivity index (χ1v) is 14.5. The Kier molecular flexibility index (Phi) is 8.56. The van der Waals surface area contributed by atoms with Gasteiger partial charge < -0.3 is 20.1 Å². The first-order valence-electron chi connectivity index (χ1n) is 14.5. The van der Waals surface area contributed by atoms with Gasteiger partial charge in [0.05, 0.1) is 30.7 Å². The highest BCUT2D eigenvalue weighted by molar-refractivity contribution is 6.04. The Hall–Kier alpha value is -3.95. The van der Waals surface area contributed by atoms with Crippen molar-refractivity contribution in [2.45, 2.75) is 77.5 Å². The fourth-order valence-electron chi connectivity index (χ4n) is 6.17. The molecule has 2 amide bonds. The highest BCUT2D eigenvalue weighted by Crippen LogP contribution is 2.38. The molecule has 2 fully saturated rings. The van der Waals surface area contributed by atoms with Crippen LogP contribution >= 0.6 is 0 Å². The molecular weight excluding hydrogens is 522 g/mol. The van der Waals surface area contributed by atoms with Crippen molar-refractivity contribution >= 4 is 23.6 Å². The summed E-state index contributed by atoms with van der Waals surface area (Å²) in [5.41, 5.74) is 1.51. The molecule has 1 aromatic carbocycles. The molecule has 3 atom stereocenters. The van der Waals surface area contributed by atoms with Gasteiger partial charge in [0, 0.05) is 12.5 Å². The topological polar surface area (TPSA) is 124 Å². The maximum atomic E-state index is 13.0. The van der Waals surface area contributed by atoms with E-state index < -0.39 is 17.5 Å². The fourth-order valence-corrected chi connectivity index (χ4v) is 6.17. The zero-order chi connectivity index (χ0) is 29.0. The monoisotopic (exact) mass is 561 g/mol. The Labute approximate surface area is 240 Å². The Balaban J connectivity index is 1.38. The van der Waals surface area contributed by atoms with Gasteiger partial charge in [-0.1, -0.05) is 57.0 Å². The molecule has 3 aromatic rings. The third-order valence-corrected chi connectivity index (χ3v) is 8.65. The minimum atomic E-state index is -1.31. The molecule has 1 saturated carbocycles. The smallest absolute Gasteiger partial charge is 0.408 e. The Morgan fingerprint density at radius 2 is 1.90 bits per heavy atom. The van der Waals surface area contributed by atoms with Crippen LogP contribution in [0.2, 0.25) is 0 Å². The highest BCUT2D eigenvalue weighted by atomic mass is 16.5. The number of esters is 1. The third kappa shape index (κ3) is 6.21. The summed E-state index contributed by atoms with van der Waals surface area (Å²) in [5.74, 6) is -0.00161. The summed E-state index contributed by atoms with van der Waals surface area (Å²) in [6.45, 7) is 4.42. The summed E-state index contributed by atoms with van der Waals surface area (Å²) < 4.78 is 12.3. The molecule has 10 nitrogen and oxygen atoms in total. The van der Waals surface area contributed by atoms with Gasteiger partial charge in [0.2, 0.25) is 5.91 Å². The van der Waals surface area contributed by atoms with Gasteiger partial charge in [-0.25, -0.2) is 14.3 Å². The summed E-state index contributed by atoms with van der Waals surface area (Å²) in [5, 5.41) is 10.7. The van der Waals surface area contributed by atoms with E-state index in [4.69, 9.17) is 19.6 Å². The molecule has 2 aromatic heterocycles. The second-order valence-corrected chi connectivity index (χ2v) is 11.5. The van der Waals surface area contributed by atoms with Gasteiger partial charge in [0.1, 0.15) is 6.61 Å². The number of hydrogen-bond acceptors (Lipinski definition) is 7. The van der Waals surface area contributed by atoms with Crippen LogP contribution in [0.3, 0.4) is 0 Å². The lowest BCUT2D eigenvalue weighted by atomic mass is 9.78. The van der Waals surface area contributed by atoms with Crippen molar-refractivity contribution in [1.29, 1.82) is 0 Å². The van der Waals surface area contributed by atoms with Crippen LogP contribution in [0.25, 0.3) is 5.65 Å². The molecule has 5 rings (SSSR count). The zero-order valence-electron chi connectivity index (χ0n) is 24.0. The first kappa shape index (κ1) is 28.6. The fraction of sp³-hybridized carbons (Fsp3) is 0.516. The summed E-state index contributed by atoms with van der Waals surface area (Å²) in [6, 6.07) is 12.8.